The van der Waals surface area contributed by atoms with E-state index in [1.807, 2.05) is 0 Å². The second-order valence-corrected chi connectivity index (χ2v) is 5.55. The molecule has 0 aromatic heterocycles. The zero-order valence-corrected chi connectivity index (χ0v) is 9.96. The van der Waals surface area contributed by atoms with Crippen molar-refractivity contribution in [2.75, 3.05) is 6.54 Å². The van der Waals surface area contributed by atoms with Crippen LogP contribution < -0.4 is 5.73 Å². The third-order valence-corrected chi connectivity index (χ3v) is 4.47. The first-order chi connectivity index (χ1) is 7.03. The molecule has 2 atom stereocenters. The molecule has 1 saturated carbocycles. The number of hydrogen-bond acceptors (Lipinski definition) is 1. The molecule has 2 N–H and O–H groups in total. The van der Waals surface area contributed by atoms with Gasteiger partial charge in [-0.25, -0.2) is 0 Å². The highest BCUT2D eigenvalue weighted by molar-refractivity contribution is 5.28. The highest BCUT2D eigenvalue weighted by Crippen LogP contribution is 2.69. The maximum atomic E-state index is 5.98. The van der Waals surface area contributed by atoms with Crippen LogP contribution in [0.15, 0.2) is 30.3 Å². The molecule has 0 bridgehead atoms. The molecule has 1 aliphatic carbocycles. The first-order valence-electron chi connectivity index (χ1n) is 5.78. The van der Waals surface area contributed by atoms with Gasteiger partial charge in [0.1, 0.15) is 0 Å². The van der Waals surface area contributed by atoms with Gasteiger partial charge < -0.3 is 5.73 Å². The van der Waals surface area contributed by atoms with Gasteiger partial charge in [0.15, 0.2) is 0 Å². The molecule has 0 heterocycles. The molecule has 1 nitrogen and oxygen atoms in total. The summed E-state index contributed by atoms with van der Waals surface area (Å²) in [5, 5.41) is 0. The largest absolute Gasteiger partial charge is 0.330 e. The number of nitrogens with two attached hydrogens (primary N) is 1. The van der Waals surface area contributed by atoms with E-state index < -0.39 is 0 Å². The first kappa shape index (κ1) is 10.7. The molecule has 0 amide bonds. The van der Waals surface area contributed by atoms with Gasteiger partial charge >= 0.3 is 0 Å². The molecule has 15 heavy (non-hydrogen) atoms. The van der Waals surface area contributed by atoms with Crippen LogP contribution in [-0.2, 0) is 0 Å². The molecule has 82 valence electrons. The fraction of sp³-hybridized carbons (Fsp3) is 0.571. The Morgan fingerprint density at radius 1 is 1.27 bits per heavy atom. The fourth-order valence-electron chi connectivity index (χ4n) is 3.07. The van der Waals surface area contributed by atoms with Gasteiger partial charge in [-0.3, -0.25) is 0 Å². The first-order valence-corrected chi connectivity index (χ1v) is 5.78. The maximum Gasteiger partial charge on any atom is -0.000943 e. The molecule has 1 heteroatoms. The number of benzene rings is 1. The standard InChI is InChI=1S/C14H21N/c1-11(12-7-5-4-6-8-12)14(10-15)9-13(14,2)3/h4-8,11H,9-10,15H2,1-3H3. The van der Waals surface area contributed by atoms with Crippen molar-refractivity contribution in [1.29, 1.82) is 0 Å². The molecule has 0 saturated heterocycles. The van der Waals surface area contributed by atoms with Crippen molar-refractivity contribution >= 4 is 0 Å². The van der Waals surface area contributed by atoms with Crippen molar-refractivity contribution in [2.45, 2.75) is 33.1 Å². The Kier molecular flexibility index (Phi) is 2.38. The van der Waals surface area contributed by atoms with Gasteiger partial charge in [-0.05, 0) is 35.3 Å². The van der Waals surface area contributed by atoms with E-state index in [9.17, 15) is 0 Å². The third kappa shape index (κ3) is 1.50. The minimum absolute atomic E-state index is 0.328. The summed E-state index contributed by atoms with van der Waals surface area (Å²) in [5.74, 6) is 0.568. The van der Waals surface area contributed by atoms with Crippen LogP contribution in [0.25, 0.3) is 0 Å². The normalized spacial score (nSPS) is 29.9. The van der Waals surface area contributed by atoms with Crippen LogP contribution >= 0.6 is 0 Å². The molecule has 1 fully saturated rings. The topological polar surface area (TPSA) is 26.0 Å². The van der Waals surface area contributed by atoms with E-state index in [-0.39, 0.29) is 0 Å². The van der Waals surface area contributed by atoms with Crippen molar-refractivity contribution in [2.24, 2.45) is 16.6 Å². The van der Waals surface area contributed by atoms with Crippen LogP contribution in [0.3, 0.4) is 0 Å². The lowest BCUT2D eigenvalue weighted by Crippen LogP contribution is -2.26. The summed E-state index contributed by atoms with van der Waals surface area (Å²) in [6.45, 7) is 7.78. The monoisotopic (exact) mass is 203 g/mol. The number of hydrogen-bond donors (Lipinski definition) is 1. The summed E-state index contributed by atoms with van der Waals surface area (Å²) >= 11 is 0. The Balaban J connectivity index is 2.26. The van der Waals surface area contributed by atoms with Gasteiger partial charge in [0.05, 0.1) is 0 Å². The van der Waals surface area contributed by atoms with E-state index in [1.165, 1.54) is 12.0 Å². The minimum Gasteiger partial charge on any atom is -0.330 e. The zero-order valence-electron chi connectivity index (χ0n) is 9.96. The average Bonchev–Trinajstić information content (AvgIpc) is 2.82. The number of rotatable bonds is 3. The van der Waals surface area contributed by atoms with Crippen LogP contribution in [0.4, 0.5) is 0 Å². The lowest BCUT2D eigenvalue weighted by atomic mass is 9.79. The molecule has 1 aliphatic rings. The van der Waals surface area contributed by atoms with E-state index in [0.29, 0.717) is 16.7 Å². The molecular formula is C14H21N. The predicted molar refractivity (Wildman–Crippen MR) is 64.7 cm³/mol. The molecule has 0 aliphatic heterocycles. The van der Waals surface area contributed by atoms with Crippen molar-refractivity contribution in [3.05, 3.63) is 35.9 Å². The molecular weight excluding hydrogens is 182 g/mol. The lowest BCUT2D eigenvalue weighted by molar-refractivity contribution is 0.335. The summed E-state index contributed by atoms with van der Waals surface area (Å²) in [5.41, 5.74) is 8.15. The Hall–Kier alpha value is -0.820. The van der Waals surface area contributed by atoms with Crippen LogP contribution in [0, 0.1) is 10.8 Å². The minimum atomic E-state index is 0.328. The van der Waals surface area contributed by atoms with Crippen LogP contribution in [0.1, 0.15) is 38.7 Å². The van der Waals surface area contributed by atoms with Gasteiger partial charge in [-0.15, -0.1) is 0 Å². The summed E-state index contributed by atoms with van der Waals surface area (Å²) < 4.78 is 0. The SMILES string of the molecule is CC(c1ccccc1)C1(CN)CC1(C)C. The Morgan fingerprint density at radius 2 is 1.80 bits per heavy atom. The quantitative estimate of drug-likeness (QED) is 0.802. The van der Waals surface area contributed by atoms with E-state index in [4.69, 9.17) is 5.73 Å². The van der Waals surface area contributed by atoms with Gasteiger partial charge in [0.2, 0.25) is 0 Å². The van der Waals surface area contributed by atoms with Gasteiger partial charge in [-0.1, -0.05) is 51.1 Å². The van der Waals surface area contributed by atoms with E-state index in [1.54, 1.807) is 0 Å². The summed E-state index contributed by atoms with van der Waals surface area (Å²) in [6, 6.07) is 10.7. The van der Waals surface area contributed by atoms with Crippen molar-refractivity contribution in [3.63, 3.8) is 0 Å². The Bertz CT molecular complexity index is 342. The maximum absolute atomic E-state index is 5.98. The fourth-order valence-corrected chi connectivity index (χ4v) is 3.07. The lowest BCUT2D eigenvalue weighted by Gasteiger charge is -2.26. The second-order valence-electron chi connectivity index (χ2n) is 5.55. The predicted octanol–water partition coefficient (Wildman–Crippen LogP) is 3.17. The molecule has 1 aromatic carbocycles. The van der Waals surface area contributed by atoms with Crippen LogP contribution in [-0.4, -0.2) is 6.54 Å². The Labute approximate surface area is 92.7 Å². The summed E-state index contributed by atoms with van der Waals surface area (Å²) in [4.78, 5) is 0. The Morgan fingerprint density at radius 3 is 2.20 bits per heavy atom. The van der Waals surface area contributed by atoms with Crippen molar-refractivity contribution in [1.82, 2.24) is 0 Å². The smallest absolute Gasteiger partial charge is 0.000943 e. The average molecular weight is 203 g/mol. The van der Waals surface area contributed by atoms with E-state index >= 15 is 0 Å². The summed E-state index contributed by atoms with van der Waals surface area (Å²) in [6.07, 6.45) is 1.26. The highest BCUT2D eigenvalue weighted by Gasteiger charge is 2.62. The zero-order chi connectivity index (χ0) is 11.1. The molecule has 0 radical (unpaired) electrons. The highest BCUT2D eigenvalue weighted by atomic mass is 14.8. The molecule has 0 spiro atoms. The molecule has 2 unspecified atom stereocenters. The molecule has 2 rings (SSSR count). The van der Waals surface area contributed by atoms with Gasteiger partial charge in [0.25, 0.3) is 0 Å². The second kappa shape index (κ2) is 3.34. The van der Waals surface area contributed by atoms with Gasteiger partial charge in [-0.2, -0.15) is 0 Å². The van der Waals surface area contributed by atoms with Crippen LogP contribution in [0.5, 0.6) is 0 Å². The third-order valence-electron chi connectivity index (χ3n) is 4.47. The summed E-state index contributed by atoms with van der Waals surface area (Å²) in [7, 11) is 0. The van der Waals surface area contributed by atoms with Crippen molar-refractivity contribution < 1.29 is 0 Å². The van der Waals surface area contributed by atoms with Crippen LogP contribution in [0.2, 0.25) is 0 Å². The van der Waals surface area contributed by atoms with E-state index in [2.05, 4.69) is 51.1 Å². The molecule has 1 aromatic rings. The van der Waals surface area contributed by atoms with E-state index in [0.717, 1.165) is 6.54 Å². The van der Waals surface area contributed by atoms with Gasteiger partial charge in [0, 0.05) is 0 Å². The van der Waals surface area contributed by atoms with Crippen molar-refractivity contribution in [3.8, 4) is 0 Å².